The van der Waals surface area contributed by atoms with Crippen molar-refractivity contribution in [2.45, 2.75) is 0 Å². The molecule has 0 fully saturated rings. The molecule has 0 saturated carbocycles. The van der Waals surface area contributed by atoms with Gasteiger partial charge in [-0.2, -0.15) is 0 Å². The summed E-state index contributed by atoms with van der Waals surface area (Å²) in [5.41, 5.74) is 5.33. The lowest BCUT2D eigenvalue weighted by Gasteiger charge is -2.01. The summed E-state index contributed by atoms with van der Waals surface area (Å²) in [5.74, 6) is 1.00. The monoisotopic (exact) mass is 210 g/mol. The molecular weight excluding hydrogens is 204 g/mol. The first-order valence-corrected chi connectivity index (χ1v) is 4.28. The number of nitrogens with zero attached hydrogens (tertiary/aromatic N) is 1. The largest absolute Gasteiger partial charge is 0.435 e. The van der Waals surface area contributed by atoms with Crippen molar-refractivity contribution in [1.29, 1.82) is 0 Å². The molecule has 0 saturated heterocycles. The van der Waals surface area contributed by atoms with Gasteiger partial charge in [-0.3, -0.25) is 0 Å². The summed E-state index contributed by atoms with van der Waals surface area (Å²) >= 11 is 5.87. The number of aromatic nitrogens is 1. The molecule has 0 amide bonds. The van der Waals surface area contributed by atoms with Gasteiger partial charge in [-0.25, -0.2) is 0 Å². The van der Waals surface area contributed by atoms with Crippen LogP contribution in [0.4, 0.5) is 5.88 Å². The minimum absolute atomic E-state index is 0.201. The van der Waals surface area contributed by atoms with Gasteiger partial charge in [0.25, 0.3) is 5.88 Å². The second-order valence-electron chi connectivity index (χ2n) is 2.60. The number of halogens is 1. The summed E-state index contributed by atoms with van der Waals surface area (Å²) in [5, 5.41) is 4.08. The molecule has 0 bridgehead atoms. The normalized spacial score (nSPS) is 10.1. The quantitative estimate of drug-likeness (QED) is 0.828. The van der Waals surface area contributed by atoms with Gasteiger partial charge in [0.1, 0.15) is 5.75 Å². The molecule has 0 unspecified atom stereocenters. The van der Waals surface area contributed by atoms with E-state index in [1.54, 1.807) is 12.1 Å². The lowest BCUT2D eigenvalue weighted by atomic mass is 10.3. The van der Waals surface area contributed by atoms with E-state index in [0.29, 0.717) is 10.8 Å². The average molecular weight is 211 g/mol. The Bertz CT molecular complexity index is 442. The van der Waals surface area contributed by atoms with Crippen molar-refractivity contribution in [3.63, 3.8) is 0 Å². The predicted octanol–water partition coefficient (Wildman–Crippen LogP) is 2.70. The molecule has 0 atom stereocenters. The van der Waals surface area contributed by atoms with E-state index < -0.39 is 0 Å². The Balaban J connectivity index is 2.23. The number of anilines is 1. The second-order valence-corrected chi connectivity index (χ2v) is 3.01. The maximum atomic E-state index is 5.87. The van der Waals surface area contributed by atoms with Crippen LogP contribution in [0.3, 0.4) is 0 Å². The third-order valence-corrected chi connectivity index (χ3v) is 1.87. The molecule has 0 aliphatic carbocycles. The van der Waals surface area contributed by atoms with E-state index in [0.717, 1.165) is 0 Å². The van der Waals surface area contributed by atoms with Crippen LogP contribution in [0.2, 0.25) is 5.02 Å². The highest BCUT2D eigenvalue weighted by Crippen LogP contribution is 2.28. The Hall–Kier alpha value is -1.68. The number of rotatable bonds is 2. The molecule has 2 rings (SSSR count). The molecule has 14 heavy (non-hydrogen) atoms. The van der Waals surface area contributed by atoms with Crippen LogP contribution in [0.5, 0.6) is 11.6 Å². The van der Waals surface area contributed by atoms with Crippen LogP contribution in [-0.2, 0) is 0 Å². The van der Waals surface area contributed by atoms with E-state index in [1.807, 2.05) is 12.1 Å². The lowest BCUT2D eigenvalue weighted by molar-refractivity contribution is 0.375. The third kappa shape index (κ3) is 1.80. The standard InChI is InChI=1S/C9H7ClN2O2/c10-6-3-1-2-4-7(6)13-9-5-8(11)14-12-9/h1-5H,11H2. The van der Waals surface area contributed by atoms with Crippen molar-refractivity contribution < 1.29 is 9.26 Å². The van der Waals surface area contributed by atoms with E-state index in [4.69, 9.17) is 22.1 Å². The third-order valence-electron chi connectivity index (χ3n) is 1.56. The van der Waals surface area contributed by atoms with Gasteiger partial charge in [-0.05, 0) is 17.3 Å². The number of ether oxygens (including phenoxy) is 1. The van der Waals surface area contributed by atoms with Gasteiger partial charge in [0.2, 0.25) is 5.88 Å². The van der Waals surface area contributed by atoms with Gasteiger partial charge in [0.05, 0.1) is 11.1 Å². The number of hydrogen-bond acceptors (Lipinski definition) is 4. The first-order chi connectivity index (χ1) is 6.75. The lowest BCUT2D eigenvalue weighted by Crippen LogP contribution is -1.84. The molecule has 1 aromatic heterocycles. The molecule has 1 heterocycles. The Kier molecular flexibility index (Phi) is 2.28. The minimum atomic E-state index is 0.201. The predicted molar refractivity (Wildman–Crippen MR) is 52.4 cm³/mol. The van der Waals surface area contributed by atoms with Crippen LogP contribution in [0.15, 0.2) is 34.9 Å². The first kappa shape index (κ1) is 8.90. The maximum Gasteiger partial charge on any atom is 0.261 e. The minimum Gasteiger partial charge on any atom is -0.435 e. The summed E-state index contributed by atoms with van der Waals surface area (Å²) in [6, 6.07) is 8.55. The van der Waals surface area contributed by atoms with E-state index in [2.05, 4.69) is 9.68 Å². The number of nitrogens with two attached hydrogens (primary N) is 1. The van der Waals surface area contributed by atoms with Crippen molar-refractivity contribution in [3.8, 4) is 11.6 Å². The van der Waals surface area contributed by atoms with Gasteiger partial charge < -0.3 is 15.0 Å². The van der Waals surface area contributed by atoms with Crippen molar-refractivity contribution in [3.05, 3.63) is 35.4 Å². The number of nitrogen functional groups attached to an aromatic ring is 1. The van der Waals surface area contributed by atoms with Crippen LogP contribution in [0.1, 0.15) is 0 Å². The molecule has 2 N–H and O–H groups in total. The molecule has 0 aliphatic heterocycles. The van der Waals surface area contributed by atoms with Crippen LogP contribution in [-0.4, -0.2) is 5.16 Å². The zero-order valence-electron chi connectivity index (χ0n) is 7.11. The molecule has 72 valence electrons. The van der Waals surface area contributed by atoms with Crippen LogP contribution in [0.25, 0.3) is 0 Å². The van der Waals surface area contributed by atoms with Crippen molar-refractivity contribution in [1.82, 2.24) is 5.16 Å². The van der Waals surface area contributed by atoms with Crippen molar-refractivity contribution >= 4 is 17.5 Å². The topological polar surface area (TPSA) is 61.3 Å². The maximum absolute atomic E-state index is 5.87. The van der Waals surface area contributed by atoms with E-state index in [9.17, 15) is 0 Å². The first-order valence-electron chi connectivity index (χ1n) is 3.90. The van der Waals surface area contributed by atoms with Gasteiger partial charge in [-0.1, -0.05) is 23.7 Å². The highest BCUT2D eigenvalue weighted by Gasteiger charge is 2.05. The highest BCUT2D eigenvalue weighted by molar-refractivity contribution is 6.32. The summed E-state index contributed by atoms with van der Waals surface area (Å²) in [4.78, 5) is 0. The molecule has 0 spiro atoms. The van der Waals surface area contributed by atoms with Crippen LogP contribution < -0.4 is 10.5 Å². The molecule has 2 aromatic rings. The molecule has 0 aliphatic rings. The Labute approximate surface area is 85.2 Å². The summed E-state index contributed by atoms with van der Waals surface area (Å²) < 4.78 is 9.95. The number of hydrogen-bond donors (Lipinski definition) is 1. The Morgan fingerprint density at radius 2 is 2.14 bits per heavy atom. The fourth-order valence-electron chi connectivity index (χ4n) is 0.960. The molecule has 1 aromatic carbocycles. The van der Waals surface area contributed by atoms with E-state index >= 15 is 0 Å². The Morgan fingerprint density at radius 1 is 1.36 bits per heavy atom. The van der Waals surface area contributed by atoms with Gasteiger partial charge >= 0.3 is 0 Å². The SMILES string of the molecule is Nc1cc(Oc2ccccc2Cl)no1. The second kappa shape index (κ2) is 3.59. The molecule has 5 heteroatoms. The zero-order valence-corrected chi connectivity index (χ0v) is 7.86. The fourth-order valence-corrected chi connectivity index (χ4v) is 1.13. The smallest absolute Gasteiger partial charge is 0.261 e. The van der Waals surface area contributed by atoms with Gasteiger partial charge in [0, 0.05) is 0 Å². The van der Waals surface area contributed by atoms with E-state index in [-0.39, 0.29) is 11.8 Å². The van der Waals surface area contributed by atoms with Crippen LogP contribution in [0, 0.1) is 0 Å². The highest BCUT2D eigenvalue weighted by atomic mass is 35.5. The van der Waals surface area contributed by atoms with Gasteiger partial charge in [-0.15, -0.1) is 0 Å². The molecule has 0 radical (unpaired) electrons. The number of benzene rings is 1. The van der Waals surface area contributed by atoms with Gasteiger partial charge in [0.15, 0.2) is 0 Å². The molecule has 4 nitrogen and oxygen atoms in total. The summed E-state index contributed by atoms with van der Waals surface area (Å²) in [7, 11) is 0. The summed E-state index contributed by atoms with van der Waals surface area (Å²) in [6.07, 6.45) is 0. The van der Waals surface area contributed by atoms with Crippen LogP contribution >= 0.6 is 11.6 Å². The van der Waals surface area contributed by atoms with Crippen molar-refractivity contribution in [2.75, 3.05) is 5.73 Å². The fraction of sp³-hybridized carbons (Fsp3) is 0. The van der Waals surface area contributed by atoms with Crippen molar-refractivity contribution in [2.24, 2.45) is 0 Å². The zero-order chi connectivity index (χ0) is 9.97. The summed E-state index contributed by atoms with van der Waals surface area (Å²) in [6.45, 7) is 0. The van der Waals surface area contributed by atoms with E-state index in [1.165, 1.54) is 6.07 Å². The molecular formula is C9H7ClN2O2. The Morgan fingerprint density at radius 3 is 2.79 bits per heavy atom. The average Bonchev–Trinajstić information content (AvgIpc) is 2.56. The number of para-hydroxylation sites is 1.